The number of para-hydroxylation sites is 1. The molecule has 21 heavy (non-hydrogen) atoms. The number of carbonyl (C=O) groups excluding carboxylic acids is 1. The first-order chi connectivity index (χ1) is 10.1. The molecule has 0 saturated heterocycles. The molecule has 110 valence electrons. The zero-order chi connectivity index (χ0) is 15.2. The van der Waals surface area contributed by atoms with Crippen molar-refractivity contribution in [2.75, 3.05) is 12.4 Å². The fourth-order valence-electron chi connectivity index (χ4n) is 2.19. The third kappa shape index (κ3) is 4.23. The molecule has 1 atom stereocenters. The summed E-state index contributed by atoms with van der Waals surface area (Å²) in [7, 11) is 1.39. The summed E-state index contributed by atoms with van der Waals surface area (Å²) in [6, 6.07) is 15.3. The van der Waals surface area contributed by atoms with Crippen LogP contribution in [-0.2, 0) is 11.2 Å². The van der Waals surface area contributed by atoms with E-state index in [1.54, 1.807) is 6.07 Å². The fourth-order valence-corrected chi connectivity index (χ4v) is 2.31. The highest BCUT2D eigenvalue weighted by atomic mass is 35.5. The van der Waals surface area contributed by atoms with E-state index in [4.69, 9.17) is 16.3 Å². The number of hydrogen-bond donors (Lipinski definition) is 1. The minimum Gasteiger partial charge on any atom is -0.465 e. The van der Waals surface area contributed by atoms with Crippen molar-refractivity contribution in [1.29, 1.82) is 0 Å². The maximum atomic E-state index is 11.7. The molecule has 0 bridgehead atoms. The molecule has 0 aliphatic heterocycles. The molecular weight excluding hydrogens is 286 g/mol. The predicted molar refractivity (Wildman–Crippen MR) is 86.0 cm³/mol. The largest absolute Gasteiger partial charge is 0.465 e. The quantitative estimate of drug-likeness (QED) is 0.843. The van der Waals surface area contributed by atoms with Crippen LogP contribution in [0.1, 0.15) is 22.8 Å². The van der Waals surface area contributed by atoms with Crippen molar-refractivity contribution in [1.82, 2.24) is 0 Å². The fraction of sp³-hybridized carbons (Fsp3) is 0.235. The Balaban J connectivity index is 2.07. The number of hydrogen-bond acceptors (Lipinski definition) is 3. The van der Waals surface area contributed by atoms with E-state index in [2.05, 4.69) is 12.2 Å². The highest BCUT2D eigenvalue weighted by Gasteiger charge is 2.12. The number of rotatable bonds is 5. The van der Waals surface area contributed by atoms with Gasteiger partial charge in [-0.05, 0) is 43.2 Å². The van der Waals surface area contributed by atoms with Crippen LogP contribution in [0.2, 0.25) is 5.02 Å². The number of ether oxygens (including phenoxy) is 1. The van der Waals surface area contributed by atoms with Gasteiger partial charge in [-0.25, -0.2) is 4.79 Å². The zero-order valence-electron chi connectivity index (χ0n) is 12.1. The second-order valence-corrected chi connectivity index (χ2v) is 5.35. The number of benzene rings is 2. The molecule has 0 amide bonds. The summed E-state index contributed by atoms with van der Waals surface area (Å²) in [6.07, 6.45) is 0.840. The Kier molecular flexibility index (Phi) is 5.23. The van der Waals surface area contributed by atoms with Crippen molar-refractivity contribution in [3.8, 4) is 0 Å². The predicted octanol–water partition coefficient (Wildman–Crippen LogP) is 4.17. The third-order valence-corrected chi connectivity index (χ3v) is 3.44. The van der Waals surface area contributed by atoms with Gasteiger partial charge in [-0.1, -0.05) is 35.9 Å². The topological polar surface area (TPSA) is 38.3 Å². The van der Waals surface area contributed by atoms with Gasteiger partial charge in [0.1, 0.15) is 0 Å². The van der Waals surface area contributed by atoms with Crippen LogP contribution in [0.3, 0.4) is 0 Å². The van der Waals surface area contributed by atoms with Gasteiger partial charge in [0.15, 0.2) is 0 Å². The molecule has 0 spiro atoms. The SMILES string of the molecule is COC(=O)c1ccccc1NC(C)Cc1ccc(Cl)cc1. The maximum Gasteiger partial charge on any atom is 0.339 e. The van der Waals surface area contributed by atoms with Crippen LogP contribution in [0.5, 0.6) is 0 Å². The van der Waals surface area contributed by atoms with E-state index >= 15 is 0 Å². The lowest BCUT2D eigenvalue weighted by Gasteiger charge is -2.17. The van der Waals surface area contributed by atoms with Gasteiger partial charge >= 0.3 is 5.97 Å². The summed E-state index contributed by atoms with van der Waals surface area (Å²) < 4.78 is 4.80. The van der Waals surface area contributed by atoms with Gasteiger partial charge in [-0.3, -0.25) is 0 Å². The average Bonchev–Trinajstić information content (AvgIpc) is 2.49. The van der Waals surface area contributed by atoms with E-state index in [-0.39, 0.29) is 12.0 Å². The van der Waals surface area contributed by atoms with Crippen LogP contribution in [0.4, 0.5) is 5.69 Å². The first-order valence-electron chi connectivity index (χ1n) is 6.78. The number of carbonyl (C=O) groups is 1. The van der Waals surface area contributed by atoms with Gasteiger partial charge in [0.2, 0.25) is 0 Å². The van der Waals surface area contributed by atoms with E-state index < -0.39 is 0 Å². The molecule has 2 aromatic rings. The standard InChI is InChI=1S/C17H18ClNO2/c1-12(11-13-7-9-14(18)10-8-13)19-16-6-4-3-5-15(16)17(20)21-2/h3-10,12,19H,11H2,1-2H3. The first kappa shape index (κ1) is 15.4. The molecule has 1 N–H and O–H groups in total. The molecule has 1 unspecified atom stereocenters. The Morgan fingerprint density at radius 1 is 1.19 bits per heavy atom. The Morgan fingerprint density at radius 2 is 1.86 bits per heavy atom. The molecule has 2 aromatic carbocycles. The zero-order valence-corrected chi connectivity index (χ0v) is 12.9. The van der Waals surface area contributed by atoms with Gasteiger partial charge in [-0.15, -0.1) is 0 Å². The van der Waals surface area contributed by atoms with Crippen LogP contribution in [0, 0.1) is 0 Å². The molecule has 2 rings (SSSR count). The lowest BCUT2D eigenvalue weighted by molar-refractivity contribution is 0.0602. The number of halogens is 1. The van der Waals surface area contributed by atoms with Crippen LogP contribution in [-0.4, -0.2) is 19.1 Å². The van der Waals surface area contributed by atoms with Gasteiger partial charge < -0.3 is 10.1 Å². The van der Waals surface area contributed by atoms with Gasteiger partial charge in [0.05, 0.1) is 12.7 Å². The number of anilines is 1. The molecule has 4 heteroatoms. The summed E-state index contributed by atoms with van der Waals surface area (Å²) in [4.78, 5) is 11.7. The van der Waals surface area contributed by atoms with Crippen molar-refractivity contribution in [2.24, 2.45) is 0 Å². The van der Waals surface area contributed by atoms with E-state index in [1.807, 2.05) is 42.5 Å². The van der Waals surface area contributed by atoms with Crippen molar-refractivity contribution < 1.29 is 9.53 Å². The van der Waals surface area contributed by atoms with Crippen LogP contribution < -0.4 is 5.32 Å². The molecule has 0 aliphatic rings. The molecule has 0 fully saturated rings. The van der Waals surface area contributed by atoms with Crippen LogP contribution in [0.25, 0.3) is 0 Å². The Bertz CT molecular complexity index is 610. The number of methoxy groups -OCH3 is 1. The van der Waals surface area contributed by atoms with E-state index in [1.165, 1.54) is 12.7 Å². The van der Waals surface area contributed by atoms with Crippen molar-refractivity contribution in [3.63, 3.8) is 0 Å². The first-order valence-corrected chi connectivity index (χ1v) is 7.16. The summed E-state index contributed by atoms with van der Waals surface area (Å²) in [5, 5.41) is 4.09. The van der Waals surface area contributed by atoms with Crippen LogP contribution >= 0.6 is 11.6 Å². The third-order valence-electron chi connectivity index (χ3n) is 3.19. The minimum absolute atomic E-state index is 0.178. The lowest BCUT2D eigenvalue weighted by atomic mass is 10.1. The Hall–Kier alpha value is -2.00. The van der Waals surface area contributed by atoms with Gasteiger partial charge in [0, 0.05) is 16.8 Å². The number of esters is 1. The van der Waals surface area contributed by atoms with Crippen molar-refractivity contribution in [3.05, 3.63) is 64.7 Å². The maximum absolute atomic E-state index is 11.7. The Labute approximate surface area is 129 Å². The van der Waals surface area contributed by atoms with Gasteiger partial charge in [-0.2, -0.15) is 0 Å². The van der Waals surface area contributed by atoms with Gasteiger partial charge in [0.25, 0.3) is 0 Å². The minimum atomic E-state index is -0.336. The highest BCUT2D eigenvalue weighted by molar-refractivity contribution is 6.30. The molecule has 0 saturated carbocycles. The summed E-state index contributed by atoms with van der Waals surface area (Å²) in [5.74, 6) is -0.336. The van der Waals surface area contributed by atoms with E-state index in [0.717, 1.165) is 17.1 Å². The normalized spacial score (nSPS) is 11.8. The van der Waals surface area contributed by atoms with Crippen molar-refractivity contribution >= 4 is 23.3 Å². The van der Waals surface area contributed by atoms with Crippen molar-refractivity contribution in [2.45, 2.75) is 19.4 Å². The molecule has 3 nitrogen and oxygen atoms in total. The highest BCUT2D eigenvalue weighted by Crippen LogP contribution is 2.18. The smallest absolute Gasteiger partial charge is 0.339 e. The summed E-state index contributed by atoms with van der Waals surface area (Å²) in [5.41, 5.74) is 2.52. The molecule has 0 radical (unpaired) electrons. The van der Waals surface area contributed by atoms with E-state index in [0.29, 0.717) is 5.56 Å². The second kappa shape index (κ2) is 7.14. The second-order valence-electron chi connectivity index (χ2n) is 4.91. The molecular formula is C17H18ClNO2. The van der Waals surface area contributed by atoms with E-state index in [9.17, 15) is 4.79 Å². The lowest BCUT2D eigenvalue weighted by Crippen LogP contribution is -2.20. The monoisotopic (exact) mass is 303 g/mol. The summed E-state index contributed by atoms with van der Waals surface area (Å²) in [6.45, 7) is 2.07. The number of nitrogens with one attached hydrogen (secondary N) is 1. The molecule has 0 aromatic heterocycles. The van der Waals surface area contributed by atoms with Crippen LogP contribution in [0.15, 0.2) is 48.5 Å². The Morgan fingerprint density at radius 3 is 2.52 bits per heavy atom. The summed E-state index contributed by atoms with van der Waals surface area (Å²) >= 11 is 5.88. The average molecular weight is 304 g/mol. The molecule has 0 heterocycles. The molecule has 0 aliphatic carbocycles.